The third-order valence-electron chi connectivity index (χ3n) is 2.73. The molecule has 120 valence electrons. The summed E-state index contributed by atoms with van der Waals surface area (Å²) in [6, 6.07) is 6.71. The molecule has 21 heavy (non-hydrogen) atoms. The molecule has 0 spiro atoms. The Bertz CT molecular complexity index is 488. The second-order valence-corrected chi connectivity index (χ2v) is 6.18. The van der Waals surface area contributed by atoms with Crippen LogP contribution < -0.4 is 10.0 Å². The van der Waals surface area contributed by atoms with Crippen molar-refractivity contribution in [1.29, 1.82) is 0 Å². The highest BCUT2D eigenvalue weighted by atomic mass is 32.2. The summed E-state index contributed by atoms with van der Waals surface area (Å²) in [6.45, 7) is 4.78. The predicted octanol–water partition coefficient (Wildman–Crippen LogP) is 1.45. The lowest BCUT2D eigenvalue weighted by Crippen LogP contribution is -2.23. The number of hydrogen-bond acceptors (Lipinski definition) is 5. The summed E-state index contributed by atoms with van der Waals surface area (Å²) in [5.74, 6) is 0. The molecule has 0 aliphatic heterocycles. The van der Waals surface area contributed by atoms with Crippen LogP contribution in [0.15, 0.2) is 29.2 Å². The van der Waals surface area contributed by atoms with Gasteiger partial charge in [-0.25, -0.2) is 13.1 Å². The number of rotatable bonds is 11. The Labute approximate surface area is 126 Å². The molecule has 0 heterocycles. The van der Waals surface area contributed by atoms with E-state index in [0.29, 0.717) is 26.4 Å². The van der Waals surface area contributed by atoms with Gasteiger partial charge >= 0.3 is 0 Å². The van der Waals surface area contributed by atoms with Gasteiger partial charge in [0.25, 0.3) is 0 Å². The SMILES string of the molecule is CCNS(=O)(=O)c1ccc(NCCCOCCOC)cc1. The van der Waals surface area contributed by atoms with E-state index in [0.717, 1.165) is 18.7 Å². The summed E-state index contributed by atoms with van der Waals surface area (Å²) >= 11 is 0. The fourth-order valence-corrected chi connectivity index (χ4v) is 2.72. The number of sulfonamides is 1. The third-order valence-corrected chi connectivity index (χ3v) is 4.29. The van der Waals surface area contributed by atoms with Crippen molar-refractivity contribution in [3.63, 3.8) is 0 Å². The minimum atomic E-state index is -3.37. The molecule has 0 fully saturated rings. The van der Waals surface area contributed by atoms with Crippen LogP contribution in [0.5, 0.6) is 0 Å². The summed E-state index contributed by atoms with van der Waals surface area (Å²) < 4.78 is 36.2. The molecule has 0 unspecified atom stereocenters. The van der Waals surface area contributed by atoms with Crippen molar-refractivity contribution < 1.29 is 17.9 Å². The topological polar surface area (TPSA) is 76.7 Å². The molecule has 0 amide bonds. The first-order valence-electron chi connectivity index (χ1n) is 7.00. The third kappa shape index (κ3) is 6.90. The molecular formula is C14H24N2O4S. The zero-order chi connectivity index (χ0) is 15.6. The minimum absolute atomic E-state index is 0.276. The van der Waals surface area contributed by atoms with E-state index in [4.69, 9.17) is 9.47 Å². The van der Waals surface area contributed by atoms with Crippen LogP contribution in [0.3, 0.4) is 0 Å². The maximum Gasteiger partial charge on any atom is 0.240 e. The van der Waals surface area contributed by atoms with Crippen LogP contribution in [0.4, 0.5) is 5.69 Å². The Morgan fingerprint density at radius 3 is 2.43 bits per heavy atom. The minimum Gasteiger partial charge on any atom is -0.385 e. The van der Waals surface area contributed by atoms with Crippen LogP contribution in [0.2, 0.25) is 0 Å². The van der Waals surface area contributed by atoms with Crippen LogP contribution in [0.25, 0.3) is 0 Å². The number of hydrogen-bond donors (Lipinski definition) is 2. The van der Waals surface area contributed by atoms with Crippen LogP contribution >= 0.6 is 0 Å². The van der Waals surface area contributed by atoms with E-state index < -0.39 is 10.0 Å². The van der Waals surface area contributed by atoms with Gasteiger partial charge in [0.05, 0.1) is 18.1 Å². The van der Waals surface area contributed by atoms with Crippen molar-refractivity contribution in [2.75, 3.05) is 45.3 Å². The van der Waals surface area contributed by atoms with Gasteiger partial charge in [0.2, 0.25) is 10.0 Å². The molecule has 0 radical (unpaired) electrons. The normalized spacial score (nSPS) is 11.5. The van der Waals surface area contributed by atoms with Crippen LogP contribution in [-0.2, 0) is 19.5 Å². The van der Waals surface area contributed by atoms with Crippen molar-refractivity contribution in [3.8, 4) is 0 Å². The maximum absolute atomic E-state index is 11.8. The first kappa shape index (κ1) is 17.9. The van der Waals surface area contributed by atoms with Crippen LogP contribution in [0.1, 0.15) is 13.3 Å². The molecule has 6 nitrogen and oxygen atoms in total. The average Bonchev–Trinajstić information content (AvgIpc) is 2.47. The predicted molar refractivity (Wildman–Crippen MR) is 83.1 cm³/mol. The van der Waals surface area contributed by atoms with Gasteiger partial charge in [0, 0.05) is 32.5 Å². The van der Waals surface area contributed by atoms with E-state index in [1.807, 2.05) is 0 Å². The molecule has 7 heteroatoms. The Kier molecular flexibility index (Phi) is 8.29. The van der Waals surface area contributed by atoms with Crippen molar-refractivity contribution >= 4 is 15.7 Å². The molecule has 2 N–H and O–H groups in total. The van der Waals surface area contributed by atoms with Gasteiger partial charge in [0.15, 0.2) is 0 Å². The monoisotopic (exact) mass is 316 g/mol. The van der Waals surface area contributed by atoms with E-state index in [1.165, 1.54) is 0 Å². The smallest absolute Gasteiger partial charge is 0.240 e. The molecule has 0 atom stereocenters. The Hall–Kier alpha value is -1.15. The van der Waals surface area contributed by atoms with Gasteiger partial charge in [-0.05, 0) is 30.7 Å². The molecular weight excluding hydrogens is 292 g/mol. The first-order chi connectivity index (χ1) is 10.1. The van der Waals surface area contributed by atoms with Crippen molar-refractivity contribution in [2.24, 2.45) is 0 Å². The lowest BCUT2D eigenvalue weighted by Gasteiger charge is -2.08. The number of benzene rings is 1. The molecule has 0 aromatic heterocycles. The number of nitrogens with one attached hydrogen (secondary N) is 2. The van der Waals surface area contributed by atoms with Crippen molar-refractivity contribution in [3.05, 3.63) is 24.3 Å². The van der Waals surface area contributed by atoms with Gasteiger partial charge < -0.3 is 14.8 Å². The summed E-state index contributed by atoms with van der Waals surface area (Å²) in [5, 5.41) is 3.22. The van der Waals surface area contributed by atoms with E-state index in [2.05, 4.69) is 10.0 Å². The molecule has 0 saturated heterocycles. The summed E-state index contributed by atoms with van der Waals surface area (Å²) in [7, 11) is -1.73. The summed E-state index contributed by atoms with van der Waals surface area (Å²) in [6.07, 6.45) is 0.876. The van der Waals surface area contributed by atoms with Crippen LogP contribution in [0, 0.1) is 0 Å². The highest BCUT2D eigenvalue weighted by Crippen LogP contribution is 2.13. The molecule has 1 rings (SSSR count). The molecule has 1 aromatic carbocycles. The van der Waals surface area contributed by atoms with Crippen molar-refractivity contribution in [2.45, 2.75) is 18.2 Å². The molecule has 0 aliphatic carbocycles. The van der Waals surface area contributed by atoms with E-state index in [9.17, 15) is 8.42 Å². The van der Waals surface area contributed by atoms with Crippen LogP contribution in [-0.4, -0.2) is 48.4 Å². The summed E-state index contributed by atoms with van der Waals surface area (Å²) in [4.78, 5) is 0.276. The highest BCUT2D eigenvalue weighted by molar-refractivity contribution is 7.89. The first-order valence-corrected chi connectivity index (χ1v) is 8.48. The van der Waals surface area contributed by atoms with E-state index in [-0.39, 0.29) is 4.90 Å². The largest absolute Gasteiger partial charge is 0.385 e. The van der Waals surface area contributed by atoms with E-state index >= 15 is 0 Å². The number of ether oxygens (including phenoxy) is 2. The molecule has 0 aliphatic rings. The second kappa shape index (κ2) is 9.73. The fraction of sp³-hybridized carbons (Fsp3) is 0.571. The average molecular weight is 316 g/mol. The quantitative estimate of drug-likeness (QED) is 0.604. The lowest BCUT2D eigenvalue weighted by atomic mass is 10.3. The van der Waals surface area contributed by atoms with Gasteiger partial charge in [-0.2, -0.15) is 0 Å². The Balaban J connectivity index is 2.32. The lowest BCUT2D eigenvalue weighted by molar-refractivity contribution is 0.0705. The maximum atomic E-state index is 11.8. The summed E-state index contributed by atoms with van der Waals surface area (Å²) in [5.41, 5.74) is 0.891. The van der Waals surface area contributed by atoms with Gasteiger partial charge in [-0.1, -0.05) is 6.92 Å². The highest BCUT2D eigenvalue weighted by Gasteiger charge is 2.11. The molecule has 0 saturated carbocycles. The fourth-order valence-electron chi connectivity index (χ4n) is 1.68. The Morgan fingerprint density at radius 1 is 1.10 bits per heavy atom. The standard InChI is InChI=1S/C14H24N2O4S/c1-3-16-21(17,18)14-7-5-13(6-8-14)15-9-4-10-20-12-11-19-2/h5-8,15-16H,3-4,9-12H2,1-2H3. The van der Waals surface area contributed by atoms with Gasteiger partial charge in [-0.3, -0.25) is 0 Å². The molecule has 1 aromatic rings. The zero-order valence-corrected chi connectivity index (χ0v) is 13.4. The van der Waals surface area contributed by atoms with Gasteiger partial charge in [-0.15, -0.1) is 0 Å². The second-order valence-electron chi connectivity index (χ2n) is 4.41. The van der Waals surface area contributed by atoms with Gasteiger partial charge in [0.1, 0.15) is 0 Å². The van der Waals surface area contributed by atoms with E-state index in [1.54, 1.807) is 38.3 Å². The van der Waals surface area contributed by atoms with Crippen molar-refractivity contribution in [1.82, 2.24) is 4.72 Å². The number of anilines is 1. The number of methoxy groups -OCH3 is 1. The Morgan fingerprint density at radius 2 is 1.81 bits per heavy atom. The molecule has 0 bridgehead atoms. The zero-order valence-electron chi connectivity index (χ0n) is 12.6.